The van der Waals surface area contributed by atoms with Crippen molar-refractivity contribution < 1.29 is 4.74 Å². The molecule has 0 aliphatic carbocycles. The van der Waals surface area contributed by atoms with Gasteiger partial charge < -0.3 is 10.1 Å². The number of unbranched alkanes of at least 4 members (excludes halogenated alkanes) is 1. The quantitative estimate of drug-likeness (QED) is 0.688. The summed E-state index contributed by atoms with van der Waals surface area (Å²) >= 11 is 1.91. The first-order valence-corrected chi connectivity index (χ1v) is 8.33. The Hall–Kier alpha value is -1.61. The largest absolute Gasteiger partial charge is 0.457 e. The van der Waals surface area contributed by atoms with Gasteiger partial charge in [0.25, 0.3) is 0 Å². The van der Waals surface area contributed by atoms with Crippen LogP contribution in [0.4, 0.5) is 5.69 Å². The normalized spacial score (nSPS) is 10.2. The summed E-state index contributed by atoms with van der Waals surface area (Å²) in [7, 11) is 0. The lowest BCUT2D eigenvalue weighted by molar-refractivity contribution is 0.483. The van der Waals surface area contributed by atoms with Gasteiger partial charge in [-0.1, -0.05) is 18.2 Å². The highest BCUT2D eigenvalue weighted by Gasteiger charge is 1.97. The summed E-state index contributed by atoms with van der Waals surface area (Å²) in [6.07, 6.45) is 4.63. The molecule has 0 atom stereocenters. The Morgan fingerprint density at radius 1 is 0.900 bits per heavy atom. The van der Waals surface area contributed by atoms with Gasteiger partial charge in [0.1, 0.15) is 11.5 Å². The highest BCUT2D eigenvalue weighted by atomic mass is 32.2. The molecule has 2 aromatic carbocycles. The monoisotopic (exact) mass is 287 g/mol. The van der Waals surface area contributed by atoms with Crippen LogP contribution < -0.4 is 10.1 Å². The summed E-state index contributed by atoms with van der Waals surface area (Å²) in [5, 5.41) is 3.43. The SMILES string of the molecule is CSCCCCNc1ccc(Oc2ccccc2)cc1. The van der Waals surface area contributed by atoms with E-state index in [1.807, 2.05) is 54.2 Å². The molecule has 0 fully saturated rings. The molecular formula is C17H21NOS. The molecule has 0 radical (unpaired) electrons. The molecular weight excluding hydrogens is 266 g/mol. The maximum Gasteiger partial charge on any atom is 0.127 e. The third kappa shape index (κ3) is 5.17. The zero-order chi connectivity index (χ0) is 14.0. The van der Waals surface area contributed by atoms with Gasteiger partial charge in [0, 0.05) is 12.2 Å². The molecule has 0 unspecified atom stereocenters. The van der Waals surface area contributed by atoms with Crippen LogP contribution in [-0.2, 0) is 0 Å². The van der Waals surface area contributed by atoms with Crippen molar-refractivity contribution >= 4 is 17.4 Å². The van der Waals surface area contributed by atoms with Crippen molar-refractivity contribution in [1.29, 1.82) is 0 Å². The number of benzene rings is 2. The van der Waals surface area contributed by atoms with Gasteiger partial charge in [0.2, 0.25) is 0 Å². The number of para-hydroxylation sites is 1. The summed E-state index contributed by atoms with van der Waals surface area (Å²) in [6.45, 7) is 1.03. The minimum atomic E-state index is 0.865. The fourth-order valence-electron chi connectivity index (χ4n) is 1.87. The number of anilines is 1. The average molecular weight is 287 g/mol. The van der Waals surface area contributed by atoms with Gasteiger partial charge in [-0.2, -0.15) is 11.8 Å². The Morgan fingerprint density at radius 2 is 1.60 bits per heavy atom. The molecule has 2 nitrogen and oxygen atoms in total. The number of ether oxygens (including phenoxy) is 1. The van der Waals surface area contributed by atoms with E-state index in [1.54, 1.807) is 0 Å². The molecule has 2 aromatic rings. The van der Waals surface area contributed by atoms with Crippen LogP contribution in [0.1, 0.15) is 12.8 Å². The first-order valence-electron chi connectivity index (χ1n) is 6.94. The van der Waals surface area contributed by atoms with Gasteiger partial charge in [-0.15, -0.1) is 0 Å². The van der Waals surface area contributed by atoms with Crippen molar-refractivity contribution in [1.82, 2.24) is 0 Å². The molecule has 106 valence electrons. The van der Waals surface area contributed by atoms with Crippen molar-refractivity contribution in [2.75, 3.05) is 23.9 Å². The van der Waals surface area contributed by atoms with Crippen molar-refractivity contribution in [3.63, 3.8) is 0 Å². The van der Waals surface area contributed by atoms with Crippen LogP contribution in [0.2, 0.25) is 0 Å². The Bertz CT molecular complexity index is 484. The molecule has 0 heterocycles. The van der Waals surface area contributed by atoms with Crippen LogP contribution in [0.3, 0.4) is 0 Å². The third-order valence-corrected chi connectivity index (χ3v) is 3.63. The Balaban J connectivity index is 1.78. The lowest BCUT2D eigenvalue weighted by Crippen LogP contribution is -2.01. The van der Waals surface area contributed by atoms with E-state index < -0.39 is 0 Å². The fourth-order valence-corrected chi connectivity index (χ4v) is 2.36. The molecule has 1 N–H and O–H groups in total. The van der Waals surface area contributed by atoms with E-state index in [9.17, 15) is 0 Å². The summed E-state index contributed by atoms with van der Waals surface area (Å²) in [4.78, 5) is 0. The van der Waals surface area contributed by atoms with E-state index in [1.165, 1.54) is 18.6 Å². The first-order chi connectivity index (χ1) is 9.88. The van der Waals surface area contributed by atoms with Crippen molar-refractivity contribution in [3.05, 3.63) is 54.6 Å². The van der Waals surface area contributed by atoms with Crippen LogP contribution in [0.25, 0.3) is 0 Å². The molecule has 0 saturated heterocycles. The van der Waals surface area contributed by atoms with Crippen LogP contribution in [-0.4, -0.2) is 18.6 Å². The van der Waals surface area contributed by atoms with Crippen LogP contribution >= 0.6 is 11.8 Å². The second-order valence-electron chi connectivity index (χ2n) is 4.57. The summed E-state index contributed by atoms with van der Waals surface area (Å²) in [5.74, 6) is 2.97. The number of hydrogen-bond acceptors (Lipinski definition) is 3. The standard InChI is InChI=1S/C17H21NOS/c1-20-14-6-5-13-18-15-9-11-17(12-10-15)19-16-7-3-2-4-8-16/h2-4,7-12,18H,5-6,13-14H2,1H3. The lowest BCUT2D eigenvalue weighted by Gasteiger charge is -2.08. The predicted octanol–water partition coefficient (Wildman–Crippen LogP) is 5.03. The molecule has 0 aliphatic rings. The van der Waals surface area contributed by atoms with Crippen LogP contribution in [0, 0.1) is 0 Å². The molecule has 0 spiro atoms. The first kappa shape index (κ1) is 14.8. The maximum atomic E-state index is 5.76. The van der Waals surface area contributed by atoms with Crippen molar-refractivity contribution in [2.24, 2.45) is 0 Å². The summed E-state index contributed by atoms with van der Waals surface area (Å²) in [6, 6.07) is 18.0. The molecule has 0 amide bonds. The molecule has 0 aromatic heterocycles. The third-order valence-electron chi connectivity index (χ3n) is 2.94. The smallest absolute Gasteiger partial charge is 0.127 e. The zero-order valence-electron chi connectivity index (χ0n) is 11.8. The molecule has 20 heavy (non-hydrogen) atoms. The number of hydrogen-bond donors (Lipinski definition) is 1. The Morgan fingerprint density at radius 3 is 2.30 bits per heavy atom. The van der Waals surface area contributed by atoms with Crippen molar-refractivity contribution in [3.8, 4) is 11.5 Å². The fraction of sp³-hybridized carbons (Fsp3) is 0.294. The molecule has 0 saturated carbocycles. The maximum absolute atomic E-state index is 5.76. The second-order valence-corrected chi connectivity index (χ2v) is 5.55. The molecule has 0 bridgehead atoms. The van der Waals surface area contributed by atoms with Gasteiger partial charge in [-0.3, -0.25) is 0 Å². The number of nitrogens with one attached hydrogen (secondary N) is 1. The highest BCUT2D eigenvalue weighted by molar-refractivity contribution is 7.98. The van der Waals surface area contributed by atoms with E-state index in [4.69, 9.17) is 4.74 Å². The minimum Gasteiger partial charge on any atom is -0.457 e. The minimum absolute atomic E-state index is 0.865. The molecule has 3 heteroatoms. The summed E-state index contributed by atoms with van der Waals surface area (Å²) < 4.78 is 5.76. The predicted molar refractivity (Wildman–Crippen MR) is 89.1 cm³/mol. The van der Waals surface area contributed by atoms with E-state index >= 15 is 0 Å². The van der Waals surface area contributed by atoms with Crippen molar-refractivity contribution in [2.45, 2.75) is 12.8 Å². The van der Waals surface area contributed by atoms with Gasteiger partial charge in [-0.25, -0.2) is 0 Å². The van der Waals surface area contributed by atoms with Gasteiger partial charge in [0.15, 0.2) is 0 Å². The molecule has 2 rings (SSSR count). The van der Waals surface area contributed by atoms with Gasteiger partial charge in [0.05, 0.1) is 0 Å². The Kier molecular flexibility index (Phi) is 6.32. The Labute approximate surface area is 125 Å². The van der Waals surface area contributed by atoms with Crippen LogP contribution in [0.5, 0.6) is 11.5 Å². The van der Waals surface area contributed by atoms with Crippen LogP contribution in [0.15, 0.2) is 54.6 Å². The highest BCUT2D eigenvalue weighted by Crippen LogP contribution is 2.22. The number of thioether (sulfide) groups is 1. The topological polar surface area (TPSA) is 21.3 Å². The molecule has 0 aliphatic heterocycles. The zero-order valence-corrected chi connectivity index (χ0v) is 12.7. The number of rotatable bonds is 8. The van der Waals surface area contributed by atoms with E-state index in [0.29, 0.717) is 0 Å². The average Bonchev–Trinajstić information content (AvgIpc) is 2.50. The van der Waals surface area contributed by atoms with E-state index in [-0.39, 0.29) is 0 Å². The lowest BCUT2D eigenvalue weighted by atomic mass is 10.2. The summed E-state index contributed by atoms with van der Waals surface area (Å²) in [5.41, 5.74) is 1.15. The van der Waals surface area contributed by atoms with Gasteiger partial charge >= 0.3 is 0 Å². The van der Waals surface area contributed by atoms with E-state index in [0.717, 1.165) is 23.7 Å². The second kappa shape index (κ2) is 8.54. The van der Waals surface area contributed by atoms with E-state index in [2.05, 4.69) is 23.7 Å². The van der Waals surface area contributed by atoms with Gasteiger partial charge in [-0.05, 0) is 61.2 Å².